The number of hydrogen-bond acceptors (Lipinski definition) is 9. The highest BCUT2D eigenvalue weighted by Crippen LogP contribution is 2.41. The molecule has 2 aliphatic heterocycles. The van der Waals surface area contributed by atoms with Gasteiger partial charge in [-0.2, -0.15) is 0 Å². The predicted octanol–water partition coefficient (Wildman–Crippen LogP) is 5.40. The van der Waals surface area contributed by atoms with Crippen molar-refractivity contribution in [3.63, 3.8) is 0 Å². The molecule has 9 heteroatoms. The number of nitrogens with zero attached hydrogens (tertiary/aromatic N) is 1. The van der Waals surface area contributed by atoms with E-state index < -0.39 is 53.6 Å². The van der Waals surface area contributed by atoms with Crippen LogP contribution in [-0.4, -0.2) is 84.5 Å². The minimum absolute atomic E-state index is 0.0198. The number of rotatable bonds is 14. The van der Waals surface area contributed by atoms with Gasteiger partial charge in [-0.15, -0.1) is 0 Å². The Balaban J connectivity index is 2.51. The minimum atomic E-state index is -1.42. The van der Waals surface area contributed by atoms with Crippen LogP contribution in [0, 0.1) is 17.8 Å². The molecule has 1 fully saturated rings. The highest BCUT2D eigenvalue weighted by Gasteiger charge is 2.49. The third kappa shape index (κ3) is 9.11. The fourth-order valence-electron chi connectivity index (χ4n) is 6.17. The summed E-state index contributed by atoms with van der Waals surface area (Å²) in [6.07, 6.45) is 2.31. The van der Waals surface area contributed by atoms with Gasteiger partial charge in [-0.1, -0.05) is 34.1 Å². The molecule has 0 bridgehead atoms. The number of ether oxygens (including phenoxy) is 5. The lowest BCUT2D eigenvalue weighted by Crippen LogP contribution is -2.56. The van der Waals surface area contributed by atoms with E-state index in [1.807, 2.05) is 34.6 Å². The summed E-state index contributed by atoms with van der Waals surface area (Å²) in [6, 6.07) is 0.224. The van der Waals surface area contributed by atoms with Crippen molar-refractivity contribution in [1.82, 2.24) is 4.90 Å². The molecule has 42 heavy (non-hydrogen) atoms. The van der Waals surface area contributed by atoms with Crippen molar-refractivity contribution in [2.75, 3.05) is 21.2 Å². The Morgan fingerprint density at radius 1 is 1.26 bits per heavy atom. The molecule has 2 heterocycles. The summed E-state index contributed by atoms with van der Waals surface area (Å²) in [4.78, 5) is 28.3. The number of allylic oxidation sites excluding steroid dienone is 1. The van der Waals surface area contributed by atoms with E-state index >= 15 is 0 Å². The molecule has 0 spiro atoms. The number of cyclic esters (lactones) is 1. The third-order valence-electron chi connectivity index (χ3n) is 8.63. The van der Waals surface area contributed by atoms with Gasteiger partial charge in [-0.05, 0) is 73.2 Å². The Kier molecular flexibility index (Phi) is 11.8. The zero-order valence-corrected chi connectivity index (χ0v) is 28.1. The highest BCUT2D eigenvalue weighted by atomic mass is 16.7. The van der Waals surface area contributed by atoms with E-state index in [2.05, 4.69) is 25.9 Å². The average molecular weight is 598 g/mol. The van der Waals surface area contributed by atoms with Crippen LogP contribution in [0.1, 0.15) is 96.3 Å². The van der Waals surface area contributed by atoms with Gasteiger partial charge in [0.2, 0.25) is 5.79 Å². The van der Waals surface area contributed by atoms with Crippen molar-refractivity contribution in [3.05, 3.63) is 23.5 Å². The number of esters is 1. The summed E-state index contributed by atoms with van der Waals surface area (Å²) in [5, 5.41) is 10.6. The van der Waals surface area contributed by atoms with E-state index in [9.17, 15) is 14.7 Å². The van der Waals surface area contributed by atoms with Gasteiger partial charge in [0.25, 0.3) is 0 Å². The van der Waals surface area contributed by atoms with Gasteiger partial charge in [-0.3, -0.25) is 4.79 Å². The number of hydrogen-bond donors (Lipinski definition) is 1. The second-order valence-electron chi connectivity index (χ2n) is 13.4. The van der Waals surface area contributed by atoms with Crippen LogP contribution in [0.3, 0.4) is 0 Å². The van der Waals surface area contributed by atoms with Gasteiger partial charge in [0.15, 0.2) is 12.1 Å². The Hall–Kier alpha value is -1.78. The lowest BCUT2D eigenvalue weighted by atomic mass is 9.79. The monoisotopic (exact) mass is 597 g/mol. The van der Waals surface area contributed by atoms with Crippen LogP contribution in [0.15, 0.2) is 23.5 Å². The zero-order valence-electron chi connectivity index (χ0n) is 29.1. The molecule has 0 aliphatic carbocycles. The topological polar surface area (TPSA) is 104 Å². The standard InChI is InChI=1S/C33H57NO8/c1-14-16-32(9,37)17-15-26(35)20(2)19-33(10,38-13)28(23(5)27-24(6)29(36)42-31(7,8)41-27)40-30-22(4)25(34(11)12)18-21(3)39-30/h15,17,20-23,25,28,30,37H,14,16,18-19H2,1-13H3/b17-15+/t20-,21?,22?,23+,25?,28-,30+,32-,33-/m1/s1/i16T/t16-,20-,21?,22?,23+,25?,28-,30+,32-,33-. The van der Waals surface area contributed by atoms with E-state index in [4.69, 9.17) is 25.1 Å². The van der Waals surface area contributed by atoms with E-state index in [-0.39, 0.29) is 30.3 Å². The Bertz CT molecular complexity index is 1040. The molecule has 3 unspecified atom stereocenters. The maximum absolute atomic E-state index is 13.3. The number of ketones is 1. The van der Waals surface area contributed by atoms with E-state index in [1.165, 1.54) is 19.1 Å². The first-order chi connectivity index (χ1) is 19.7. The van der Waals surface area contributed by atoms with Crippen molar-refractivity contribution in [3.8, 4) is 0 Å². The summed E-state index contributed by atoms with van der Waals surface area (Å²) in [5.74, 6) is -2.33. The largest absolute Gasteiger partial charge is 0.456 e. The molecule has 2 rings (SSSR count). The Morgan fingerprint density at radius 2 is 1.88 bits per heavy atom. The molecule has 0 saturated carbocycles. The molecule has 0 aromatic heterocycles. The number of methoxy groups -OCH3 is 1. The molecule has 0 aromatic rings. The Morgan fingerprint density at radius 3 is 2.43 bits per heavy atom. The van der Waals surface area contributed by atoms with Crippen LogP contribution in [-0.2, 0) is 33.3 Å². The first-order valence-corrected chi connectivity index (χ1v) is 15.2. The van der Waals surface area contributed by atoms with E-state index in [0.29, 0.717) is 17.8 Å². The lowest BCUT2D eigenvalue weighted by Gasteiger charge is -2.48. The van der Waals surface area contributed by atoms with Crippen molar-refractivity contribution in [2.45, 2.75) is 136 Å². The maximum atomic E-state index is 13.3. The van der Waals surface area contributed by atoms with Gasteiger partial charge >= 0.3 is 5.97 Å². The minimum Gasteiger partial charge on any atom is -0.456 e. The fourth-order valence-corrected chi connectivity index (χ4v) is 6.17. The van der Waals surface area contributed by atoms with Crippen LogP contribution in [0.4, 0.5) is 0 Å². The highest BCUT2D eigenvalue weighted by molar-refractivity contribution is 5.91. The average Bonchev–Trinajstić information content (AvgIpc) is 2.92. The quantitative estimate of drug-likeness (QED) is 0.208. The summed E-state index contributed by atoms with van der Waals surface area (Å²) in [5.41, 5.74) is -2.09. The molecule has 1 N–H and O–H groups in total. The first-order valence-electron chi connectivity index (χ1n) is 15.8. The number of carbonyl (C=O) groups excluding carboxylic acids is 2. The van der Waals surface area contributed by atoms with Crippen molar-refractivity contribution in [2.24, 2.45) is 17.8 Å². The molecule has 2 aliphatic rings. The number of aliphatic hydroxyl groups is 1. The van der Waals surface area contributed by atoms with Crippen LogP contribution >= 0.6 is 0 Å². The van der Waals surface area contributed by atoms with Crippen LogP contribution in [0.25, 0.3) is 0 Å². The van der Waals surface area contributed by atoms with Crippen molar-refractivity contribution < 1.29 is 39.8 Å². The summed E-state index contributed by atoms with van der Waals surface area (Å²) < 4.78 is 39.2. The maximum Gasteiger partial charge on any atom is 0.340 e. The predicted molar refractivity (Wildman–Crippen MR) is 162 cm³/mol. The molecular formula is C33H57NO8. The van der Waals surface area contributed by atoms with Crippen LogP contribution < -0.4 is 0 Å². The Labute approximate surface area is 255 Å². The summed E-state index contributed by atoms with van der Waals surface area (Å²) in [7, 11) is 5.69. The molecule has 0 aromatic carbocycles. The summed E-state index contributed by atoms with van der Waals surface area (Å²) >= 11 is 0. The second-order valence-corrected chi connectivity index (χ2v) is 13.4. The van der Waals surface area contributed by atoms with Crippen molar-refractivity contribution in [1.29, 1.82) is 0 Å². The second kappa shape index (κ2) is 14.3. The molecule has 1 saturated heterocycles. The fraction of sp³-hybridized carbons (Fsp3) is 0.818. The molecule has 0 radical (unpaired) electrons. The zero-order chi connectivity index (χ0) is 33.1. The third-order valence-corrected chi connectivity index (χ3v) is 8.63. The van der Waals surface area contributed by atoms with E-state index in [0.717, 1.165) is 6.42 Å². The number of carbonyl (C=O) groups is 2. The van der Waals surface area contributed by atoms with Crippen molar-refractivity contribution >= 4 is 11.8 Å². The van der Waals surface area contributed by atoms with Crippen LogP contribution in [0.5, 0.6) is 0 Å². The van der Waals surface area contributed by atoms with E-state index in [1.54, 1.807) is 27.9 Å². The normalized spacial score (nSPS) is 30.9. The molecule has 242 valence electrons. The van der Waals surface area contributed by atoms with Gasteiger partial charge in [0.1, 0.15) is 5.76 Å². The molecule has 10 atom stereocenters. The van der Waals surface area contributed by atoms with Gasteiger partial charge in [-0.25, -0.2) is 4.79 Å². The van der Waals surface area contributed by atoms with Gasteiger partial charge in [0, 0.05) is 46.1 Å². The smallest absolute Gasteiger partial charge is 0.340 e. The SMILES string of the molecule is [3H][C@H](CC)[C@@](C)(O)/C=C/C(=O)[C@H](C)C[C@@](C)(OC)[C@H](O[C@@H]1OC(C)CC(N(C)C)C1C)[C@@H](C)C1=C(C)C(=O)OC(C)(C)O1. The molecule has 0 amide bonds. The van der Waals surface area contributed by atoms with Crippen LogP contribution in [0.2, 0.25) is 0 Å². The van der Waals surface area contributed by atoms with Gasteiger partial charge < -0.3 is 33.7 Å². The molecule has 9 nitrogen and oxygen atoms in total. The summed E-state index contributed by atoms with van der Waals surface area (Å²) in [6.45, 7) is 18.2. The molecular weight excluding hydrogens is 538 g/mol. The first kappa shape index (κ1) is 34.7. The van der Waals surface area contributed by atoms with Gasteiger partial charge in [0.05, 0.1) is 29.0 Å². The lowest BCUT2D eigenvalue weighted by molar-refractivity contribution is -0.284.